The summed E-state index contributed by atoms with van der Waals surface area (Å²) in [5.41, 5.74) is 1.92. The number of halogens is 2. The Morgan fingerprint density at radius 2 is 1.57 bits per heavy atom. The van der Waals surface area contributed by atoms with Crippen molar-refractivity contribution in [1.29, 1.82) is 0 Å². The van der Waals surface area contributed by atoms with Gasteiger partial charge in [-0.3, -0.25) is 0 Å². The van der Waals surface area contributed by atoms with Gasteiger partial charge in [-0.15, -0.1) is 0 Å². The lowest BCUT2D eigenvalue weighted by molar-refractivity contribution is 0.191. The molecule has 0 bridgehead atoms. The Morgan fingerprint density at radius 3 is 2.13 bits per heavy atom. The molecule has 0 aromatic heterocycles. The van der Waals surface area contributed by atoms with Gasteiger partial charge in [0.1, 0.15) is 5.82 Å². The molecular weight excluding hydrogens is 359 g/mol. The maximum atomic E-state index is 13.0. The van der Waals surface area contributed by atoms with Gasteiger partial charge >= 0.3 is 6.03 Å². The molecule has 2 aromatic carbocycles. The third kappa shape index (κ3) is 4.55. The number of urea groups is 1. The number of rotatable bonds is 4. The van der Waals surface area contributed by atoms with Crippen molar-refractivity contribution in [2.45, 2.75) is 25.9 Å². The maximum Gasteiger partial charge on any atom is 0.318 e. The van der Waals surface area contributed by atoms with Crippen LogP contribution in [0.2, 0.25) is 0 Å². The summed E-state index contributed by atoms with van der Waals surface area (Å²) in [6.45, 7) is 3.86. The predicted octanol–water partition coefficient (Wildman–Crippen LogP) is 5.05. The number of amides is 2. The van der Waals surface area contributed by atoms with E-state index in [2.05, 4.69) is 21.2 Å². The molecule has 0 saturated heterocycles. The zero-order valence-electron chi connectivity index (χ0n) is 13.4. The summed E-state index contributed by atoms with van der Waals surface area (Å²) >= 11 is 3.40. The van der Waals surface area contributed by atoms with E-state index < -0.39 is 0 Å². The molecule has 5 heteroatoms. The molecule has 0 saturated carbocycles. The van der Waals surface area contributed by atoms with Crippen molar-refractivity contribution >= 4 is 22.0 Å². The second-order valence-corrected chi connectivity index (χ2v) is 6.48. The van der Waals surface area contributed by atoms with Crippen molar-refractivity contribution in [3.63, 3.8) is 0 Å². The van der Waals surface area contributed by atoms with Gasteiger partial charge < -0.3 is 10.2 Å². The SMILES string of the molecule is CC(NC(=O)N(C)C(C)c1ccc(F)cc1)c1ccc(Br)cc1. The lowest BCUT2D eigenvalue weighted by Crippen LogP contribution is -2.39. The average molecular weight is 379 g/mol. The molecule has 0 heterocycles. The van der Waals surface area contributed by atoms with E-state index in [0.717, 1.165) is 15.6 Å². The molecule has 3 nitrogen and oxygen atoms in total. The summed E-state index contributed by atoms with van der Waals surface area (Å²) in [4.78, 5) is 14.0. The zero-order valence-corrected chi connectivity index (χ0v) is 15.0. The molecule has 23 heavy (non-hydrogen) atoms. The highest BCUT2D eigenvalue weighted by atomic mass is 79.9. The van der Waals surface area contributed by atoms with E-state index in [0.29, 0.717) is 0 Å². The largest absolute Gasteiger partial charge is 0.331 e. The lowest BCUT2D eigenvalue weighted by atomic mass is 10.1. The van der Waals surface area contributed by atoms with Crippen LogP contribution in [0, 0.1) is 5.82 Å². The highest BCUT2D eigenvalue weighted by Gasteiger charge is 2.19. The van der Waals surface area contributed by atoms with Gasteiger partial charge in [-0.2, -0.15) is 0 Å². The van der Waals surface area contributed by atoms with Crippen molar-refractivity contribution in [2.75, 3.05) is 7.05 Å². The van der Waals surface area contributed by atoms with Crippen LogP contribution < -0.4 is 5.32 Å². The molecule has 2 atom stereocenters. The van der Waals surface area contributed by atoms with E-state index in [-0.39, 0.29) is 23.9 Å². The average Bonchev–Trinajstić information content (AvgIpc) is 2.54. The van der Waals surface area contributed by atoms with Crippen LogP contribution in [0.5, 0.6) is 0 Å². The molecule has 0 radical (unpaired) electrons. The molecule has 0 aliphatic carbocycles. The van der Waals surface area contributed by atoms with Crippen molar-refractivity contribution in [3.8, 4) is 0 Å². The molecule has 0 fully saturated rings. The van der Waals surface area contributed by atoms with Gasteiger partial charge in [-0.05, 0) is 49.2 Å². The smallest absolute Gasteiger partial charge is 0.318 e. The molecule has 122 valence electrons. The van der Waals surface area contributed by atoms with E-state index in [1.807, 2.05) is 38.1 Å². The summed E-state index contributed by atoms with van der Waals surface area (Å²) in [6.07, 6.45) is 0. The van der Waals surface area contributed by atoms with E-state index in [1.165, 1.54) is 12.1 Å². The van der Waals surface area contributed by atoms with E-state index in [4.69, 9.17) is 0 Å². The number of hydrogen-bond donors (Lipinski definition) is 1. The zero-order chi connectivity index (χ0) is 17.0. The van der Waals surface area contributed by atoms with Gasteiger partial charge in [0.2, 0.25) is 0 Å². The van der Waals surface area contributed by atoms with Crippen molar-refractivity contribution in [3.05, 3.63) is 69.9 Å². The Labute approximate surface area is 144 Å². The van der Waals surface area contributed by atoms with Gasteiger partial charge in [0, 0.05) is 11.5 Å². The number of nitrogens with zero attached hydrogens (tertiary/aromatic N) is 1. The Kier molecular flexibility index (Phi) is 5.77. The van der Waals surface area contributed by atoms with E-state index in [1.54, 1.807) is 24.1 Å². The highest BCUT2D eigenvalue weighted by Crippen LogP contribution is 2.21. The summed E-state index contributed by atoms with van der Waals surface area (Å²) in [7, 11) is 1.73. The fourth-order valence-electron chi connectivity index (χ4n) is 2.26. The van der Waals surface area contributed by atoms with Crippen molar-refractivity contribution in [2.24, 2.45) is 0 Å². The van der Waals surface area contributed by atoms with Gasteiger partial charge in [-0.1, -0.05) is 40.2 Å². The second-order valence-electron chi connectivity index (χ2n) is 5.56. The normalized spacial score (nSPS) is 13.3. The minimum absolute atomic E-state index is 0.0986. The number of benzene rings is 2. The minimum atomic E-state index is -0.281. The third-order valence-corrected chi connectivity index (χ3v) is 4.49. The maximum absolute atomic E-state index is 13.0. The van der Waals surface area contributed by atoms with Crippen molar-refractivity contribution < 1.29 is 9.18 Å². The standard InChI is InChI=1S/C18H20BrFN2O/c1-12(14-4-8-16(19)9-5-14)21-18(23)22(3)13(2)15-6-10-17(20)11-7-15/h4-13H,1-3H3,(H,21,23). The first-order valence-electron chi connectivity index (χ1n) is 7.42. The predicted molar refractivity (Wildman–Crippen MR) is 93.7 cm³/mol. The van der Waals surface area contributed by atoms with Crippen LogP contribution in [0.4, 0.5) is 9.18 Å². The lowest BCUT2D eigenvalue weighted by Gasteiger charge is -2.27. The molecule has 0 aliphatic heterocycles. The Bertz CT molecular complexity index is 658. The molecule has 2 rings (SSSR count). The molecule has 2 unspecified atom stereocenters. The quantitative estimate of drug-likeness (QED) is 0.792. The van der Waals surface area contributed by atoms with Crippen LogP contribution in [0.3, 0.4) is 0 Å². The van der Waals surface area contributed by atoms with Crippen LogP contribution in [-0.2, 0) is 0 Å². The van der Waals surface area contributed by atoms with Gasteiger partial charge in [0.05, 0.1) is 12.1 Å². The van der Waals surface area contributed by atoms with Gasteiger partial charge in [-0.25, -0.2) is 9.18 Å². The Morgan fingerprint density at radius 1 is 1.04 bits per heavy atom. The number of carbonyl (C=O) groups excluding carboxylic acids is 1. The number of carbonyl (C=O) groups is 1. The van der Waals surface area contributed by atoms with Crippen molar-refractivity contribution in [1.82, 2.24) is 10.2 Å². The molecule has 0 spiro atoms. The van der Waals surface area contributed by atoms with Crippen LogP contribution in [0.25, 0.3) is 0 Å². The topological polar surface area (TPSA) is 32.3 Å². The van der Waals surface area contributed by atoms with Crippen LogP contribution >= 0.6 is 15.9 Å². The van der Waals surface area contributed by atoms with E-state index >= 15 is 0 Å². The Balaban J connectivity index is 2.01. The molecule has 2 amide bonds. The third-order valence-electron chi connectivity index (χ3n) is 3.96. The molecule has 2 aromatic rings. The summed E-state index contributed by atoms with van der Waals surface area (Å²) in [5, 5.41) is 2.98. The fourth-order valence-corrected chi connectivity index (χ4v) is 2.53. The van der Waals surface area contributed by atoms with E-state index in [9.17, 15) is 9.18 Å². The van der Waals surface area contributed by atoms with Gasteiger partial charge in [0.15, 0.2) is 0 Å². The summed E-state index contributed by atoms with van der Waals surface area (Å²) < 4.78 is 14.0. The summed E-state index contributed by atoms with van der Waals surface area (Å²) in [5.74, 6) is -0.281. The molecule has 1 N–H and O–H groups in total. The molecule has 0 aliphatic rings. The number of hydrogen-bond acceptors (Lipinski definition) is 1. The monoisotopic (exact) mass is 378 g/mol. The van der Waals surface area contributed by atoms with Crippen LogP contribution in [0.1, 0.15) is 37.1 Å². The van der Waals surface area contributed by atoms with Crippen LogP contribution in [0.15, 0.2) is 53.0 Å². The van der Waals surface area contributed by atoms with Crippen LogP contribution in [-0.4, -0.2) is 18.0 Å². The first-order chi connectivity index (χ1) is 10.9. The minimum Gasteiger partial charge on any atom is -0.331 e. The number of nitrogens with one attached hydrogen (secondary N) is 1. The second kappa shape index (κ2) is 7.59. The summed E-state index contributed by atoms with van der Waals surface area (Å²) in [6, 6.07) is 13.6. The highest BCUT2D eigenvalue weighted by molar-refractivity contribution is 9.10. The Hall–Kier alpha value is -1.88. The first-order valence-corrected chi connectivity index (χ1v) is 8.22. The first kappa shape index (κ1) is 17.5. The fraction of sp³-hybridized carbons (Fsp3) is 0.278. The molecular formula is C18H20BrFN2O. The van der Waals surface area contributed by atoms with Gasteiger partial charge in [0.25, 0.3) is 0 Å².